The number of carbonyl (C=O) groups excluding carboxylic acids is 1. The van der Waals surface area contributed by atoms with Crippen molar-refractivity contribution in [2.75, 3.05) is 13.6 Å². The fraction of sp³-hybridized carbons (Fsp3) is 0.857. The van der Waals surface area contributed by atoms with Crippen molar-refractivity contribution in [3.8, 4) is 0 Å². The minimum atomic E-state index is 0.154. The number of hydrogen-bond acceptors (Lipinski definition) is 2. The van der Waals surface area contributed by atoms with Crippen LogP contribution in [0.5, 0.6) is 0 Å². The second kappa shape index (κ2) is 7.36. The summed E-state index contributed by atoms with van der Waals surface area (Å²) in [5.41, 5.74) is 0. The van der Waals surface area contributed by atoms with Gasteiger partial charge in [0.15, 0.2) is 5.96 Å². The van der Waals surface area contributed by atoms with E-state index in [0.29, 0.717) is 25.0 Å². The molecule has 2 aliphatic carbocycles. The Morgan fingerprint density at radius 3 is 2.37 bits per heavy atom. The Morgan fingerprint density at radius 1 is 1.05 bits per heavy atom. The summed E-state index contributed by atoms with van der Waals surface area (Å²) >= 11 is 0. The predicted molar refractivity (Wildman–Crippen MR) is 77.2 cm³/mol. The molecule has 0 unspecified atom stereocenters. The lowest BCUT2D eigenvalue weighted by molar-refractivity contribution is -0.121. The van der Waals surface area contributed by atoms with Gasteiger partial charge in [0.25, 0.3) is 0 Å². The Morgan fingerprint density at radius 2 is 1.74 bits per heavy atom. The summed E-state index contributed by atoms with van der Waals surface area (Å²) in [5.74, 6) is 0.967. The van der Waals surface area contributed by atoms with E-state index in [2.05, 4.69) is 20.9 Å². The fourth-order valence-corrected chi connectivity index (χ4v) is 2.46. The molecule has 2 fully saturated rings. The molecule has 0 radical (unpaired) electrons. The molecule has 0 aromatic rings. The van der Waals surface area contributed by atoms with Gasteiger partial charge in [-0.3, -0.25) is 9.79 Å². The summed E-state index contributed by atoms with van der Waals surface area (Å²) in [7, 11) is 1.76. The molecule has 1 amide bonds. The number of aliphatic imine (C=N–C) groups is 1. The van der Waals surface area contributed by atoms with Crippen molar-refractivity contribution in [2.24, 2.45) is 4.99 Å². The fourth-order valence-electron chi connectivity index (χ4n) is 2.46. The molecule has 0 aromatic carbocycles. The molecule has 0 aromatic heterocycles. The van der Waals surface area contributed by atoms with Gasteiger partial charge in [-0.2, -0.15) is 0 Å². The molecule has 2 saturated carbocycles. The molecule has 3 N–H and O–H groups in total. The lowest BCUT2D eigenvalue weighted by Gasteiger charge is -2.22. The Hall–Kier alpha value is -1.26. The monoisotopic (exact) mass is 266 g/mol. The van der Waals surface area contributed by atoms with Gasteiger partial charge in [-0.05, 0) is 25.7 Å². The summed E-state index contributed by atoms with van der Waals surface area (Å²) in [5, 5.41) is 9.61. The van der Waals surface area contributed by atoms with Crippen LogP contribution < -0.4 is 16.0 Å². The van der Waals surface area contributed by atoms with Gasteiger partial charge in [-0.25, -0.2) is 0 Å². The van der Waals surface area contributed by atoms with Crippen molar-refractivity contribution in [3.05, 3.63) is 0 Å². The third kappa shape index (κ3) is 5.49. The molecule has 19 heavy (non-hydrogen) atoms. The highest BCUT2D eigenvalue weighted by Crippen LogP contribution is 2.18. The largest absolute Gasteiger partial charge is 0.356 e. The van der Waals surface area contributed by atoms with Crippen molar-refractivity contribution in [2.45, 2.75) is 63.5 Å². The molecule has 0 aliphatic heterocycles. The van der Waals surface area contributed by atoms with Crippen LogP contribution in [0.4, 0.5) is 0 Å². The van der Waals surface area contributed by atoms with Gasteiger partial charge in [0, 0.05) is 32.1 Å². The van der Waals surface area contributed by atoms with Crippen LogP contribution in [-0.4, -0.2) is 37.5 Å². The number of rotatable bonds is 5. The normalized spacial score (nSPS) is 21.0. The minimum absolute atomic E-state index is 0.154. The first-order valence-electron chi connectivity index (χ1n) is 7.54. The first kappa shape index (κ1) is 14.2. The van der Waals surface area contributed by atoms with Gasteiger partial charge in [-0.15, -0.1) is 0 Å². The summed E-state index contributed by atoms with van der Waals surface area (Å²) in [6.07, 6.45) is 9.07. The number of nitrogens with one attached hydrogen (secondary N) is 3. The number of amides is 1. The Labute approximate surface area is 115 Å². The molecule has 0 saturated heterocycles. The second-order valence-electron chi connectivity index (χ2n) is 5.57. The molecule has 0 heterocycles. The van der Waals surface area contributed by atoms with Gasteiger partial charge in [-0.1, -0.05) is 19.3 Å². The van der Waals surface area contributed by atoms with Crippen LogP contribution in [0.2, 0.25) is 0 Å². The van der Waals surface area contributed by atoms with Crippen LogP contribution in [0, 0.1) is 0 Å². The lowest BCUT2D eigenvalue weighted by Crippen LogP contribution is -2.41. The molecule has 5 heteroatoms. The summed E-state index contributed by atoms with van der Waals surface area (Å²) in [6, 6.07) is 0.993. The highest BCUT2D eigenvalue weighted by molar-refractivity contribution is 5.81. The molecular weight excluding hydrogens is 240 g/mol. The molecule has 0 bridgehead atoms. The van der Waals surface area contributed by atoms with E-state index in [4.69, 9.17) is 0 Å². The van der Waals surface area contributed by atoms with E-state index in [1.165, 1.54) is 32.1 Å². The number of hydrogen-bond donors (Lipinski definition) is 3. The Kier molecular flexibility index (Phi) is 5.48. The first-order valence-corrected chi connectivity index (χ1v) is 7.54. The van der Waals surface area contributed by atoms with Crippen molar-refractivity contribution < 1.29 is 4.79 Å². The van der Waals surface area contributed by atoms with Crippen molar-refractivity contribution in [3.63, 3.8) is 0 Å². The molecule has 108 valence electrons. The van der Waals surface area contributed by atoms with E-state index in [9.17, 15) is 4.79 Å². The van der Waals surface area contributed by atoms with Gasteiger partial charge < -0.3 is 16.0 Å². The maximum atomic E-state index is 11.8. The van der Waals surface area contributed by atoms with E-state index in [1.54, 1.807) is 7.05 Å². The third-order valence-corrected chi connectivity index (χ3v) is 3.76. The number of nitrogens with zero attached hydrogens (tertiary/aromatic N) is 1. The summed E-state index contributed by atoms with van der Waals surface area (Å²) in [4.78, 5) is 15.9. The van der Waals surface area contributed by atoms with Crippen LogP contribution >= 0.6 is 0 Å². The average Bonchev–Trinajstić information content (AvgIpc) is 3.22. The van der Waals surface area contributed by atoms with Gasteiger partial charge >= 0.3 is 0 Å². The zero-order chi connectivity index (χ0) is 13.5. The molecule has 2 rings (SSSR count). The van der Waals surface area contributed by atoms with Crippen LogP contribution in [0.25, 0.3) is 0 Å². The Bertz CT molecular complexity index is 319. The number of carbonyl (C=O) groups is 1. The van der Waals surface area contributed by atoms with Crippen LogP contribution in [0.3, 0.4) is 0 Å². The van der Waals surface area contributed by atoms with Crippen LogP contribution in [-0.2, 0) is 4.79 Å². The topological polar surface area (TPSA) is 65.5 Å². The molecule has 0 spiro atoms. The SMILES string of the molecule is CN=C(NCCC(=O)NC1CCCCC1)NC1CC1. The minimum Gasteiger partial charge on any atom is -0.356 e. The second-order valence-corrected chi connectivity index (χ2v) is 5.57. The molecule has 5 nitrogen and oxygen atoms in total. The summed E-state index contributed by atoms with van der Waals surface area (Å²) in [6.45, 7) is 0.644. The van der Waals surface area contributed by atoms with Crippen molar-refractivity contribution in [1.82, 2.24) is 16.0 Å². The van der Waals surface area contributed by atoms with E-state index in [1.807, 2.05) is 0 Å². The van der Waals surface area contributed by atoms with Crippen LogP contribution in [0.15, 0.2) is 4.99 Å². The first-order chi connectivity index (χ1) is 9.28. The van der Waals surface area contributed by atoms with Gasteiger partial charge in [0.1, 0.15) is 0 Å². The number of guanidine groups is 1. The lowest BCUT2D eigenvalue weighted by atomic mass is 9.95. The average molecular weight is 266 g/mol. The zero-order valence-electron chi connectivity index (χ0n) is 11.9. The quantitative estimate of drug-likeness (QED) is 0.517. The third-order valence-electron chi connectivity index (χ3n) is 3.76. The molecule has 0 atom stereocenters. The predicted octanol–water partition coefficient (Wildman–Crippen LogP) is 1.15. The zero-order valence-corrected chi connectivity index (χ0v) is 11.9. The maximum Gasteiger partial charge on any atom is 0.221 e. The van der Waals surface area contributed by atoms with E-state index in [-0.39, 0.29) is 5.91 Å². The highest BCUT2D eigenvalue weighted by Gasteiger charge is 2.22. The highest BCUT2D eigenvalue weighted by atomic mass is 16.1. The smallest absolute Gasteiger partial charge is 0.221 e. The van der Waals surface area contributed by atoms with E-state index < -0.39 is 0 Å². The Balaban J connectivity index is 1.57. The van der Waals surface area contributed by atoms with Gasteiger partial charge in [0.05, 0.1) is 0 Å². The van der Waals surface area contributed by atoms with Crippen molar-refractivity contribution >= 4 is 11.9 Å². The standard InChI is InChI=1S/C14H26N4O/c1-15-14(18-12-7-8-12)16-10-9-13(19)17-11-5-3-2-4-6-11/h11-12H,2-10H2,1H3,(H,17,19)(H2,15,16,18). The molecular formula is C14H26N4O. The summed E-state index contributed by atoms with van der Waals surface area (Å²) < 4.78 is 0. The van der Waals surface area contributed by atoms with E-state index in [0.717, 1.165) is 18.8 Å². The van der Waals surface area contributed by atoms with Crippen LogP contribution in [0.1, 0.15) is 51.4 Å². The van der Waals surface area contributed by atoms with E-state index >= 15 is 0 Å². The van der Waals surface area contributed by atoms with Crippen molar-refractivity contribution in [1.29, 1.82) is 0 Å². The maximum absolute atomic E-state index is 11.8. The molecule has 2 aliphatic rings. The van der Waals surface area contributed by atoms with Gasteiger partial charge in [0.2, 0.25) is 5.91 Å².